The van der Waals surface area contributed by atoms with Gasteiger partial charge in [0.05, 0.1) is 11.9 Å². The molecule has 2 N–H and O–H groups in total. The van der Waals surface area contributed by atoms with Gasteiger partial charge in [-0.15, -0.1) is 0 Å². The maximum absolute atomic E-state index is 12.3. The van der Waals surface area contributed by atoms with Gasteiger partial charge in [-0.05, 0) is 32.6 Å². The smallest absolute Gasteiger partial charge is 0.287 e. The van der Waals surface area contributed by atoms with Crippen LogP contribution in [-0.4, -0.2) is 28.4 Å². The monoisotopic (exact) mass is 312 g/mol. The van der Waals surface area contributed by atoms with E-state index in [4.69, 9.17) is 17.3 Å². The van der Waals surface area contributed by atoms with Crippen molar-refractivity contribution in [3.05, 3.63) is 21.6 Å². The first-order valence-corrected chi connectivity index (χ1v) is 8.22. The number of hydrogen-bond acceptors (Lipinski definition) is 4. The van der Waals surface area contributed by atoms with Crippen molar-refractivity contribution in [3.8, 4) is 0 Å². The van der Waals surface area contributed by atoms with Gasteiger partial charge < -0.3 is 10.6 Å². The summed E-state index contributed by atoms with van der Waals surface area (Å²) < 4.78 is 1.46. The van der Waals surface area contributed by atoms with Crippen LogP contribution in [0.2, 0.25) is 5.02 Å². The molecule has 0 bridgehead atoms. The SMILES string of the molecule is CCCCn1ncc(N2CCCCC2C(C)N)c(Cl)c1=O. The molecule has 1 aliphatic rings. The molecule has 0 amide bonds. The Morgan fingerprint density at radius 2 is 2.29 bits per heavy atom. The van der Waals surface area contributed by atoms with E-state index in [1.54, 1.807) is 6.20 Å². The van der Waals surface area contributed by atoms with E-state index in [9.17, 15) is 4.79 Å². The Morgan fingerprint density at radius 1 is 1.52 bits per heavy atom. The lowest BCUT2D eigenvalue weighted by Crippen LogP contribution is -2.50. The van der Waals surface area contributed by atoms with Crippen LogP contribution in [0.15, 0.2) is 11.0 Å². The van der Waals surface area contributed by atoms with Crippen molar-refractivity contribution >= 4 is 17.3 Å². The van der Waals surface area contributed by atoms with E-state index < -0.39 is 0 Å². The van der Waals surface area contributed by atoms with Gasteiger partial charge in [0.1, 0.15) is 5.02 Å². The predicted octanol–water partition coefficient (Wildman–Crippen LogP) is 2.40. The molecule has 2 rings (SSSR count). The van der Waals surface area contributed by atoms with Crippen molar-refractivity contribution < 1.29 is 0 Å². The van der Waals surface area contributed by atoms with Crippen LogP contribution >= 0.6 is 11.6 Å². The van der Waals surface area contributed by atoms with Crippen LogP contribution in [0.1, 0.15) is 46.0 Å². The van der Waals surface area contributed by atoms with E-state index in [1.807, 2.05) is 6.92 Å². The summed E-state index contributed by atoms with van der Waals surface area (Å²) in [4.78, 5) is 14.5. The second-order valence-electron chi connectivity index (χ2n) is 5.84. The topological polar surface area (TPSA) is 64.2 Å². The number of nitrogens with zero attached hydrogens (tertiary/aromatic N) is 3. The summed E-state index contributed by atoms with van der Waals surface area (Å²) in [6, 6.07) is 0.271. The Labute approximate surface area is 131 Å². The molecule has 1 saturated heterocycles. The maximum Gasteiger partial charge on any atom is 0.287 e. The molecule has 6 heteroatoms. The normalized spacial score (nSPS) is 20.6. The fourth-order valence-electron chi connectivity index (χ4n) is 2.93. The van der Waals surface area contributed by atoms with Crippen molar-refractivity contribution in [1.82, 2.24) is 9.78 Å². The van der Waals surface area contributed by atoms with Crippen molar-refractivity contribution in [2.24, 2.45) is 5.73 Å². The molecule has 2 unspecified atom stereocenters. The van der Waals surface area contributed by atoms with Crippen LogP contribution in [0.4, 0.5) is 5.69 Å². The second kappa shape index (κ2) is 7.27. The first kappa shape index (κ1) is 16.3. The Kier molecular flexibility index (Phi) is 5.65. The molecule has 0 radical (unpaired) electrons. The summed E-state index contributed by atoms with van der Waals surface area (Å²) in [6.07, 6.45) is 6.97. The maximum atomic E-state index is 12.3. The number of hydrogen-bond donors (Lipinski definition) is 1. The zero-order chi connectivity index (χ0) is 15.4. The summed E-state index contributed by atoms with van der Waals surface area (Å²) in [5, 5.41) is 4.55. The number of anilines is 1. The van der Waals surface area contributed by atoms with E-state index in [0.717, 1.165) is 37.9 Å². The van der Waals surface area contributed by atoms with Crippen LogP contribution in [0, 0.1) is 0 Å². The van der Waals surface area contributed by atoms with E-state index in [-0.39, 0.29) is 22.7 Å². The van der Waals surface area contributed by atoms with Gasteiger partial charge in [-0.25, -0.2) is 4.68 Å². The van der Waals surface area contributed by atoms with Gasteiger partial charge in [0, 0.05) is 25.2 Å². The number of aryl methyl sites for hydroxylation is 1. The van der Waals surface area contributed by atoms with Gasteiger partial charge in [-0.2, -0.15) is 5.10 Å². The first-order chi connectivity index (χ1) is 10.1. The zero-order valence-corrected chi connectivity index (χ0v) is 13.6. The lowest BCUT2D eigenvalue weighted by atomic mass is 9.96. The first-order valence-electron chi connectivity index (χ1n) is 7.84. The fourth-order valence-corrected chi connectivity index (χ4v) is 3.18. The van der Waals surface area contributed by atoms with Gasteiger partial charge in [0.25, 0.3) is 5.56 Å². The number of nitrogens with two attached hydrogens (primary N) is 1. The summed E-state index contributed by atoms with van der Waals surface area (Å²) in [5.41, 5.74) is 6.63. The van der Waals surface area contributed by atoms with Crippen molar-refractivity contribution in [3.63, 3.8) is 0 Å². The molecule has 5 nitrogen and oxygen atoms in total. The summed E-state index contributed by atoms with van der Waals surface area (Å²) >= 11 is 6.32. The third-order valence-electron chi connectivity index (χ3n) is 4.16. The van der Waals surface area contributed by atoms with Gasteiger partial charge in [-0.1, -0.05) is 24.9 Å². The number of unbranched alkanes of at least 4 members (excludes halogenated alkanes) is 1. The average molecular weight is 313 g/mol. The molecule has 0 saturated carbocycles. The van der Waals surface area contributed by atoms with E-state index in [0.29, 0.717) is 6.54 Å². The minimum atomic E-state index is -0.198. The molecule has 0 aliphatic carbocycles. The zero-order valence-electron chi connectivity index (χ0n) is 12.9. The molecule has 118 valence electrons. The van der Waals surface area contributed by atoms with Crippen molar-refractivity contribution in [2.75, 3.05) is 11.4 Å². The molecular formula is C15H25ClN4O. The lowest BCUT2D eigenvalue weighted by Gasteiger charge is -2.39. The van der Waals surface area contributed by atoms with Gasteiger partial charge in [0.2, 0.25) is 0 Å². The van der Waals surface area contributed by atoms with Crippen LogP contribution in [0.25, 0.3) is 0 Å². The van der Waals surface area contributed by atoms with Crippen molar-refractivity contribution in [1.29, 1.82) is 0 Å². The molecule has 1 aromatic heterocycles. The quantitative estimate of drug-likeness (QED) is 0.907. The summed E-state index contributed by atoms with van der Waals surface area (Å²) in [6.45, 7) is 5.59. The third-order valence-corrected chi connectivity index (χ3v) is 4.51. The highest BCUT2D eigenvalue weighted by Crippen LogP contribution is 2.29. The third kappa shape index (κ3) is 3.58. The van der Waals surface area contributed by atoms with Gasteiger partial charge in [-0.3, -0.25) is 4.79 Å². The molecular weight excluding hydrogens is 288 g/mol. The predicted molar refractivity (Wildman–Crippen MR) is 87.0 cm³/mol. The van der Waals surface area contributed by atoms with Gasteiger partial charge >= 0.3 is 0 Å². The lowest BCUT2D eigenvalue weighted by molar-refractivity contribution is 0.412. The van der Waals surface area contributed by atoms with E-state index >= 15 is 0 Å². The molecule has 2 atom stereocenters. The minimum Gasteiger partial charge on any atom is -0.364 e. The molecule has 0 aromatic carbocycles. The van der Waals surface area contributed by atoms with Crippen LogP contribution in [-0.2, 0) is 6.54 Å². The largest absolute Gasteiger partial charge is 0.364 e. The molecule has 2 heterocycles. The number of aromatic nitrogens is 2. The Balaban J connectivity index is 2.31. The Hall–Kier alpha value is -1.07. The average Bonchev–Trinajstić information content (AvgIpc) is 2.49. The van der Waals surface area contributed by atoms with Crippen LogP contribution in [0.5, 0.6) is 0 Å². The highest BCUT2D eigenvalue weighted by Gasteiger charge is 2.28. The highest BCUT2D eigenvalue weighted by molar-refractivity contribution is 6.33. The number of piperidine rings is 1. The van der Waals surface area contributed by atoms with Crippen molar-refractivity contribution in [2.45, 2.75) is 64.6 Å². The molecule has 0 spiro atoms. The number of rotatable bonds is 5. The van der Waals surface area contributed by atoms with Crippen LogP contribution in [0.3, 0.4) is 0 Å². The molecule has 1 fully saturated rings. The summed E-state index contributed by atoms with van der Waals surface area (Å²) in [5.74, 6) is 0. The Bertz CT molecular complexity index is 529. The molecule has 21 heavy (non-hydrogen) atoms. The van der Waals surface area contributed by atoms with E-state index in [2.05, 4.69) is 16.9 Å². The number of halogens is 1. The fraction of sp³-hybridized carbons (Fsp3) is 0.733. The second-order valence-corrected chi connectivity index (χ2v) is 6.22. The minimum absolute atomic E-state index is 0.0453. The molecule has 1 aromatic rings. The summed E-state index contributed by atoms with van der Waals surface area (Å²) in [7, 11) is 0. The van der Waals surface area contributed by atoms with Crippen LogP contribution < -0.4 is 16.2 Å². The standard InChI is InChI=1S/C15H25ClN4O/c1-3-4-9-20-15(21)14(16)13(10-18-20)19-8-6-5-7-12(19)11(2)17/h10-12H,3-9,17H2,1-2H3. The highest BCUT2D eigenvalue weighted by atomic mass is 35.5. The van der Waals surface area contributed by atoms with E-state index in [1.165, 1.54) is 11.1 Å². The Morgan fingerprint density at radius 3 is 2.95 bits per heavy atom. The van der Waals surface area contributed by atoms with Gasteiger partial charge in [0.15, 0.2) is 0 Å². The molecule has 1 aliphatic heterocycles.